The van der Waals surface area contributed by atoms with Crippen LogP contribution in [0, 0.1) is 23.1 Å². The summed E-state index contributed by atoms with van der Waals surface area (Å²) in [5.74, 6) is -0.0296. The van der Waals surface area contributed by atoms with Crippen molar-refractivity contribution in [2.24, 2.45) is 5.92 Å². The summed E-state index contributed by atoms with van der Waals surface area (Å²) in [6.07, 6.45) is 1.59. The van der Waals surface area contributed by atoms with Crippen LogP contribution in [-0.2, 0) is 0 Å². The minimum atomic E-state index is -0.538. The number of carbonyl (C=O) groups is 1. The first kappa shape index (κ1) is 16.9. The number of aromatic nitrogens is 1. The molecule has 1 aliphatic heterocycles. The summed E-state index contributed by atoms with van der Waals surface area (Å²) < 4.78 is 18.8. The molecule has 1 atom stereocenters. The molecule has 0 amide bonds. The first-order valence-corrected chi connectivity index (χ1v) is 8.12. The smallest absolute Gasteiger partial charge is 0.167 e. The van der Waals surface area contributed by atoms with E-state index in [-0.39, 0.29) is 17.5 Å². The monoisotopic (exact) mass is 339 g/mol. The topological polar surface area (TPSA) is 66.2 Å². The van der Waals surface area contributed by atoms with Crippen molar-refractivity contribution in [3.8, 4) is 11.8 Å². The molecule has 2 aromatic rings. The molecule has 0 saturated carbocycles. The highest BCUT2D eigenvalue weighted by Gasteiger charge is 2.28. The van der Waals surface area contributed by atoms with Crippen molar-refractivity contribution < 1.29 is 13.9 Å². The molecular formula is C19H18FN3O2. The predicted molar refractivity (Wildman–Crippen MR) is 91.2 cm³/mol. The standard InChI is InChI=1S/C19H18FN3O2/c1-25-17-8-7-13(10-16(17)20)19(24)14-4-3-9-23(12-14)18-6-2-5-15(11-21)22-18/h2,5-8,10,14H,3-4,9,12H2,1H3. The number of methoxy groups -OCH3 is 1. The number of carbonyl (C=O) groups excluding carboxylic acids is 1. The minimum Gasteiger partial charge on any atom is -0.494 e. The maximum absolute atomic E-state index is 13.9. The van der Waals surface area contributed by atoms with Crippen LogP contribution in [0.4, 0.5) is 10.2 Å². The van der Waals surface area contributed by atoms with Gasteiger partial charge >= 0.3 is 0 Å². The molecule has 1 aromatic heterocycles. The summed E-state index contributed by atoms with van der Waals surface area (Å²) in [6, 6.07) is 11.6. The lowest BCUT2D eigenvalue weighted by Crippen LogP contribution is -2.39. The fourth-order valence-electron chi connectivity index (χ4n) is 3.12. The van der Waals surface area contributed by atoms with Crippen LogP contribution in [0.5, 0.6) is 5.75 Å². The van der Waals surface area contributed by atoms with E-state index in [0.29, 0.717) is 23.6 Å². The van der Waals surface area contributed by atoms with Gasteiger partial charge in [0.1, 0.15) is 17.6 Å². The Bertz CT molecular complexity index is 832. The molecule has 6 heteroatoms. The van der Waals surface area contributed by atoms with Gasteiger partial charge in [0.15, 0.2) is 17.3 Å². The van der Waals surface area contributed by atoms with E-state index < -0.39 is 5.82 Å². The number of hydrogen-bond acceptors (Lipinski definition) is 5. The third-order valence-electron chi connectivity index (χ3n) is 4.40. The zero-order valence-corrected chi connectivity index (χ0v) is 13.9. The summed E-state index contributed by atoms with van der Waals surface area (Å²) >= 11 is 0. The van der Waals surface area contributed by atoms with Crippen molar-refractivity contribution in [1.82, 2.24) is 4.98 Å². The Morgan fingerprint density at radius 1 is 1.40 bits per heavy atom. The van der Waals surface area contributed by atoms with Gasteiger partial charge < -0.3 is 9.64 Å². The summed E-state index contributed by atoms with van der Waals surface area (Å²) in [5.41, 5.74) is 0.701. The average molecular weight is 339 g/mol. The van der Waals surface area contributed by atoms with Crippen LogP contribution >= 0.6 is 0 Å². The number of anilines is 1. The SMILES string of the molecule is COc1ccc(C(=O)C2CCCN(c3cccc(C#N)n3)C2)cc1F. The Balaban J connectivity index is 1.77. The molecule has 128 valence electrons. The Labute approximate surface area is 145 Å². The van der Waals surface area contributed by atoms with Gasteiger partial charge in [-0.1, -0.05) is 6.07 Å². The van der Waals surface area contributed by atoms with Gasteiger partial charge in [0.25, 0.3) is 0 Å². The van der Waals surface area contributed by atoms with Crippen molar-refractivity contribution in [2.75, 3.05) is 25.1 Å². The van der Waals surface area contributed by atoms with Gasteiger partial charge in [-0.05, 0) is 43.2 Å². The van der Waals surface area contributed by atoms with Gasteiger partial charge in [-0.3, -0.25) is 4.79 Å². The Kier molecular flexibility index (Phi) is 4.94. The minimum absolute atomic E-state index is 0.0808. The highest BCUT2D eigenvalue weighted by atomic mass is 19.1. The second kappa shape index (κ2) is 7.31. The first-order valence-electron chi connectivity index (χ1n) is 8.12. The zero-order valence-electron chi connectivity index (χ0n) is 13.9. The molecule has 25 heavy (non-hydrogen) atoms. The van der Waals surface area contributed by atoms with E-state index in [1.165, 1.54) is 19.2 Å². The van der Waals surface area contributed by atoms with E-state index in [2.05, 4.69) is 4.98 Å². The summed E-state index contributed by atoms with van der Waals surface area (Å²) in [5, 5.41) is 8.99. The lowest BCUT2D eigenvalue weighted by molar-refractivity contribution is 0.0906. The van der Waals surface area contributed by atoms with Crippen LogP contribution in [0.2, 0.25) is 0 Å². The molecule has 2 heterocycles. The lowest BCUT2D eigenvalue weighted by atomic mass is 9.90. The molecule has 0 N–H and O–H groups in total. The van der Waals surface area contributed by atoms with E-state index in [9.17, 15) is 9.18 Å². The molecule has 0 aliphatic carbocycles. The summed E-state index contributed by atoms with van der Waals surface area (Å²) in [6.45, 7) is 1.29. The van der Waals surface area contributed by atoms with Gasteiger partial charge in [0.2, 0.25) is 0 Å². The van der Waals surface area contributed by atoms with Crippen LogP contribution in [-0.4, -0.2) is 31.0 Å². The Morgan fingerprint density at radius 2 is 2.24 bits per heavy atom. The van der Waals surface area contributed by atoms with Crippen LogP contribution < -0.4 is 9.64 Å². The molecule has 0 radical (unpaired) electrons. The molecule has 1 aliphatic rings. The van der Waals surface area contributed by atoms with Crippen LogP contribution in [0.15, 0.2) is 36.4 Å². The summed E-state index contributed by atoms with van der Waals surface area (Å²) in [4.78, 5) is 19.0. The summed E-state index contributed by atoms with van der Waals surface area (Å²) in [7, 11) is 1.39. The van der Waals surface area contributed by atoms with E-state index in [1.54, 1.807) is 18.2 Å². The van der Waals surface area contributed by atoms with Gasteiger partial charge in [0, 0.05) is 24.6 Å². The molecular weight excluding hydrogens is 321 g/mol. The van der Waals surface area contributed by atoms with Crippen LogP contribution in [0.25, 0.3) is 0 Å². The van der Waals surface area contributed by atoms with E-state index in [4.69, 9.17) is 10.00 Å². The van der Waals surface area contributed by atoms with E-state index in [1.807, 2.05) is 17.0 Å². The van der Waals surface area contributed by atoms with Crippen molar-refractivity contribution in [3.63, 3.8) is 0 Å². The number of pyridine rings is 1. The number of nitrogens with zero attached hydrogens (tertiary/aromatic N) is 3. The molecule has 0 bridgehead atoms. The molecule has 1 fully saturated rings. The predicted octanol–water partition coefficient (Wildman–Crippen LogP) is 3.20. The van der Waals surface area contributed by atoms with Gasteiger partial charge in [0.05, 0.1) is 7.11 Å². The molecule has 3 rings (SSSR count). The first-order chi connectivity index (χ1) is 12.1. The van der Waals surface area contributed by atoms with E-state index in [0.717, 1.165) is 19.4 Å². The molecule has 1 saturated heterocycles. The second-order valence-electron chi connectivity index (χ2n) is 5.99. The third-order valence-corrected chi connectivity index (χ3v) is 4.40. The number of halogens is 1. The number of ether oxygens (including phenoxy) is 1. The lowest BCUT2D eigenvalue weighted by Gasteiger charge is -2.33. The highest BCUT2D eigenvalue weighted by molar-refractivity contribution is 5.98. The van der Waals surface area contributed by atoms with Crippen molar-refractivity contribution >= 4 is 11.6 Å². The van der Waals surface area contributed by atoms with E-state index >= 15 is 0 Å². The number of nitriles is 1. The van der Waals surface area contributed by atoms with Crippen molar-refractivity contribution in [3.05, 3.63) is 53.5 Å². The largest absolute Gasteiger partial charge is 0.494 e. The quantitative estimate of drug-likeness (QED) is 0.800. The van der Waals surface area contributed by atoms with Gasteiger partial charge in [-0.25, -0.2) is 9.37 Å². The maximum Gasteiger partial charge on any atom is 0.167 e. The number of Topliss-reactive ketones (excluding diaryl/α,β-unsaturated/α-hetero) is 1. The Morgan fingerprint density at radius 3 is 2.96 bits per heavy atom. The molecule has 0 spiro atoms. The second-order valence-corrected chi connectivity index (χ2v) is 5.99. The number of piperidine rings is 1. The molecule has 1 aromatic carbocycles. The van der Waals surface area contributed by atoms with Crippen molar-refractivity contribution in [1.29, 1.82) is 5.26 Å². The van der Waals surface area contributed by atoms with Crippen LogP contribution in [0.3, 0.4) is 0 Å². The van der Waals surface area contributed by atoms with Gasteiger partial charge in [-0.2, -0.15) is 5.26 Å². The average Bonchev–Trinajstić information content (AvgIpc) is 2.67. The number of rotatable bonds is 4. The van der Waals surface area contributed by atoms with Gasteiger partial charge in [-0.15, -0.1) is 0 Å². The zero-order chi connectivity index (χ0) is 17.8. The van der Waals surface area contributed by atoms with Crippen LogP contribution in [0.1, 0.15) is 28.9 Å². The number of benzene rings is 1. The number of hydrogen-bond donors (Lipinski definition) is 0. The maximum atomic E-state index is 13.9. The third kappa shape index (κ3) is 3.61. The fraction of sp³-hybridized carbons (Fsp3) is 0.316. The fourth-order valence-corrected chi connectivity index (χ4v) is 3.12. The Hall–Kier alpha value is -2.94. The highest BCUT2D eigenvalue weighted by Crippen LogP contribution is 2.26. The molecule has 1 unspecified atom stereocenters. The van der Waals surface area contributed by atoms with Crippen molar-refractivity contribution in [2.45, 2.75) is 12.8 Å². The normalized spacial score (nSPS) is 17.0. The number of ketones is 1. The molecule has 5 nitrogen and oxygen atoms in total.